The molecule has 10 heteroatoms. The average molecular weight is 544 g/mol. The maximum atomic E-state index is 13.2. The topological polar surface area (TPSA) is 103 Å². The van der Waals surface area contributed by atoms with E-state index in [0.29, 0.717) is 19.3 Å². The Morgan fingerprint density at radius 1 is 1.08 bits per heavy atom. The minimum atomic E-state index is -0.788. The van der Waals surface area contributed by atoms with Crippen molar-refractivity contribution < 1.29 is 33.2 Å². The monoisotopic (exact) mass is 544 g/mol. The molecule has 3 atom stereocenters. The summed E-state index contributed by atoms with van der Waals surface area (Å²) >= 11 is 0. The number of carbonyl (C=O) groups excluding carboxylic acids is 3. The predicted octanol–water partition coefficient (Wildman–Crippen LogP) is 4.59. The van der Waals surface area contributed by atoms with Gasteiger partial charge in [-0.1, -0.05) is 36.8 Å². The molecule has 0 aliphatic carbocycles. The predicted molar refractivity (Wildman–Crippen MR) is 149 cm³/mol. The molecule has 0 saturated carbocycles. The third-order valence-corrected chi connectivity index (χ3v) is 7.70. The molecule has 0 aromatic heterocycles. The number of carbonyl (C=O) groups is 3. The largest absolute Gasteiger partial charge is 0.461 e. The van der Waals surface area contributed by atoms with Gasteiger partial charge in [0, 0.05) is 13.1 Å². The van der Waals surface area contributed by atoms with Crippen LogP contribution in [0.15, 0.2) is 30.3 Å². The molecule has 0 bridgehead atoms. The Morgan fingerprint density at radius 2 is 1.69 bits per heavy atom. The summed E-state index contributed by atoms with van der Waals surface area (Å²) in [6.07, 6.45) is 1.53. The van der Waals surface area contributed by atoms with Gasteiger partial charge in [-0.05, 0) is 79.6 Å². The fraction of sp³-hybridized carbons (Fsp3) is 0.690. The molecule has 2 saturated heterocycles. The Morgan fingerprint density at radius 3 is 2.28 bits per heavy atom. The van der Waals surface area contributed by atoms with Crippen LogP contribution >= 0.6 is 0 Å². The second kappa shape index (κ2) is 12.3. The molecule has 3 rings (SSSR count). The number of alkyl carbamates (subject to hydrolysis) is 1. The van der Waals surface area contributed by atoms with Crippen LogP contribution in [0.5, 0.6) is 0 Å². The van der Waals surface area contributed by atoms with Crippen molar-refractivity contribution in [2.75, 3.05) is 13.1 Å². The first-order valence-corrected chi connectivity index (χ1v) is 13.9. The van der Waals surface area contributed by atoms with Crippen LogP contribution in [-0.4, -0.2) is 65.9 Å². The zero-order chi connectivity index (χ0) is 29.0. The van der Waals surface area contributed by atoms with Gasteiger partial charge in [-0.25, -0.2) is 4.79 Å². The third-order valence-electron chi connectivity index (χ3n) is 7.70. The lowest BCUT2D eigenvalue weighted by molar-refractivity contribution is -0.150. The van der Waals surface area contributed by atoms with Gasteiger partial charge in [0.15, 0.2) is 0 Å². The number of nitrogens with one attached hydrogen (secondary N) is 1. The standard InChI is InChI=1S/C29H45BN2O7/c1-20(31-26(35)37-27(2,3)4)24(33)32-17-22(15-12-16-30-38-28(5,6)29(7,8)39-30)23(18-32)25(34)36-19-21-13-10-9-11-14-21/h9-11,13-14,20,22-23H,12,15-19H2,1-8H3,(H,31,35)/t20?,22-,23+/m0/s1. The minimum absolute atomic E-state index is 0.0756. The van der Waals surface area contributed by atoms with Crippen molar-refractivity contribution in [3.8, 4) is 0 Å². The number of ether oxygens (including phenoxy) is 2. The molecule has 1 N–H and O–H groups in total. The molecule has 2 aliphatic rings. The number of benzene rings is 1. The van der Waals surface area contributed by atoms with Crippen LogP contribution in [0.2, 0.25) is 6.32 Å². The summed E-state index contributed by atoms with van der Waals surface area (Å²) in [5.74, 6) is -1.10. The van der Waals surface area contributed by atoms with Gasteiger partial charge in [0.25, 0.3) is 0 Å². The van der Waals surface area contributed by atoms with E-state index in [0.717, 1.165) is 12.0 Å². The van der Waals surface area contributed by atoms with Gasteiger partial charge in [0.05, 0.1) is 17.1 Å². The first-order chi connectivity index (χ1) is 18.1. The highest BCUT2D eigenvalue weighted by Gasteiger charge is 2.50. The van der Waals surface area contributed by atoms with Crippen molar-refractivity contribution in [3.05, 3.63) is 35.9 Å². The second-order valence-corrected chi connectivity index (χ2v) is 12.7. The van der Waals surface area contributed by atoms with E-state index in [4.69, 9.17) is 18.8 Å². The zero-order valence-corrected chi connectivity index (χ0v) is 24.7. The van der Waals surface area contributed by atoms with E-state index in [9.17, 15) is 14.4 Å². The van der Waals surface area contributed by atoms with Crippen LogP contribution in [-0.2, 0) is 35.0 Å². The summed E-state index contributed by atoms with van der Waals surface area (Å²) in [6.45, 7) is 15.9. The van der Waals surface area contributed by atoms with Gasteiger partial charge < -0.3 is 29.0 Å². The fourth-order valence-electron chi connectivity index (χ4n) is 4.90. The van der Waals surface area contributed by atoms with Gasteiger partial charge in [0.2, 0.25) is 5.91 Å². The molecule has 1 aromatic rings. The summed E-state index contributed by atoms with van der Waals surface area (Å²) in [7, 11) is -0.310. The first-order valence-electron chi connectivity index (χ1n) is 13.9. The maximum Gasteiger partial charge on any atom is 0.457 e. The Labute approximate surface area is 233 Å². The first kappa shape index (κ1) is 30.9. The van der Waals surface area contributed by atoms with Crippen molar-refractivity contribution in [3.63, 3.8) is 0 Å². The van der Waals surface area contributed by atoms with Crippen molar-refractivity contribution in [2.45, 2.75) is 104 Å². The lowest BCUT2D eigenvalue weighted by Crippen LogP contribution is -2.47. The molecule has 0 spiro atoms. The van der Waals surface area contributed by atoms with Crippen LogP contribution < -0.4 is 5.32 Å². The molecule has 0 radical (unpaired) electrons. The van der Waals surface area contributed by atoms with Crippen molar-refractivity contribution in [2.24, 2.45) is 11.8 Å². The molecule has 2 heterocycles. The van der Waals surface area contributed by atoms with Gasteiger partial charge in [-0.2, -0.15) is 0 Å². The molecule has 2 aliphatic heterocycles. The van der Waals surface area contributed by atoms with E-state index < -0.39 is 34.9 Å². The summed E-state index contributed by atoms with van der Waals surface area (Å²) in [4.78, 5) is 40.3. The van der Waals surface area contributed by atoms with E-state index in [2.05, 4.69) is 5.32 Å². The van der Waals surface area contributed by atoms with Crippen LogP contribution in [0, 0.1) is 11.8 Å². The van der Waals surface area contributed by atoms with Crippen molar-refractivity contribution in [1.82, 2.24) is 10.2 Å². The highest BCUT2D eigenvalue weighted by Crippen LogP contribution is 2.39. The average Bonchev–Trinajstić information content (AvgIpc) is 3.33. The van der Waals surface area contributed by atoms with Gasteiger partial charge in [0.1, 0.15) is 18.2 Å². The highest BCUT2D eigenvalue weighted by atomic mass is 16.7. The summed E-state index contributed by atoms with van der Waals surface area (Å²) < 4.78 is 23.2. The molecule has 9 nitrogen and oxygen atoms in total. The SMILES string of the molecule is CC(NC(=O)OC(C)(C)C)C(=O)N1C[C@H](CCCB2OC(C)(C)C(C)(C)O2)[C@H](C(=O)OCc2ccccc2)C1. The highest BCUT2D eigenvalue weighted by molar-refractivity contribution is 6.45. The molecule has 1 aromatic carbocycles. The molecule has 216 valence electrons. The minimum Gasteiger partial charge on any atom is -0.461 e. The van der Waals surface area contributed by atoms with Crippen LogP contribution in [0.4, 0.5) is 4.79 Å². The van der Waals surface area contributed by atoms with Crippen molar-refractivity contribution in [1.29, 1.82) is 0 Å². The molecule has 39 heavy (non-hydrogen) atoms. The number of nitrogens with zero attached hydrogens (tertiary/aromatic N) is 1. The summed E-state index contributed by atoms with van der Waals surface area (Å²) in [5, 5.41) is 2.61. The van der Waals surface area contributed by atoms with E-state index in [1.807, 2.05) is 58.0 Å². The number of hydrogen-bond acceptors (Lipinski definition) is 7. The lowest BCUT2D eigenvalue weighted by atomic mass is 9.79. The van der Waals surface area contributed by atoms with Crippen molar-refractivity contribution >= 4 is 25.1 Å². The molecular weight excluding hydrogens is 499 g/mol. The van der Waals surface area contributed by atoms with Crippen LogP contribution in [0.3, 0.4) is 0 Å². The van der Waals surface area contributed by atoms with E-state index in [1.165, 1.54) is 0 Å². The lowest BCUT2D eigenvalue weighted by Gasteiger charge is -2.32. The summed E-state index contributed by atoms with van der Waals surface area (Å²) in [6, 6.07) is 8.74. The van der Waals surface area contributed by atoms with Crippen LogP contribution in [0.1, 0.15) is 73.8 Å². The number of hydrogen-bond donors (Lipinski definition) is 1. The van der Waals surface area contributed by atoms with Crippen LogP contribution in [0.25, 0.3) is 0 Å². The van der Waals surface area contributed by atoms with Gasteiger partial charge in [-0.3, -0.25) is 9.59 Å². The number of esters is 1. The molecule has 1 unspecified atom stereocenters. The van der Waals surface area contributed by atoms with E-state index in [-0.39, 0.29) is 38.1 Å². The molecular formula is C29H45BN2O7. The Hall–Kier alpha value is -2.59. The Balaban J connectivity index is 1.62. The quantitative estimate of drug-likeness (QED) is 0.358. The number of amides is 2. The number of rotatable bonds is 9. The van der Waals surface area contributed by atoms with E-state index in [1.54, 1.807) is 32.6 Å². The summed E-state index contributed by atoms with van der Waals surface area (Å²) in [5.41, 5.74) is -0.551. The van der Waals surface area contributed by atoms with Gasteiger partial charge >= 0.3 is 19.2 Å². The van der Waals surface area contributed by atoms with E-state index >= 15 is 0 Å². The fourth-order valence-corrected chi connectivity index (χ4v) is 4.90. The smallest absolute Gasteiger partial charge is 0.457 e. The Bertz CT molecular complexity index is 993. The van der Waals surface area contributed by atoms with Gasteiger partial charge in [-0.15, -0.1) is 0 Å². The second-order valence-electron chi connectivity index (χ2n) is 12.7. The zero-order valence-electron chi connectivity index (χ0n) is 24.7. The normalized spacial score (nSPS) is 22.9. The third kappa shape index (κ3) is 8.45. The molecule has 2 amide bonds. The Kier molecular flexibility index (Phi) is 9.75. The number of likely N-dealkylation sites (tertiary alicyclic amines) is 1. The maximum absolute atomic E-state index is 13.2. The molecule has 2 fully saturated rings.